The topological polar surface area (TPSA) is 196 Å². The Kier molecular flexibility index (Phi) is 10.3. The van der Waals surface area contributed by atoms with E-state index in [0.717, 1.165) is 71.2 Å². The minimum absolute atomic E-state index is 0.00348. The Balaban J connectivity index is 1.04. The van der Waals surface area contributed by atoms with Gasteiger partial charge in [-0.3, -0.25) is 29.3 Å². The number of nitriles is 1. The van der Waals surface area contributed by atoms with E-state index in [1.807, 2.05) is 25.3 Å². The molecule has 1 spiro atoms. The highest BCUT2D eigenvalue weighted by molar-refractivity contribution is 5.95. The second kappa shape index (κ2) is 16.1. The van der Waals surface area contributed by atoms with Crippen molar-refractivity contribution in [3.63, 3.8) is 0 Å². The smallest absolute Gasteiger partial charge is 0.324 e. The molecule has 65 heavy (non-hydrogen) atoms. The molecule has 5 aromatic rings. The Morgan fingerprint density at radius 2 is 1.92 bits per heavy atom. The number of carbonyl (C=O) groups excluding carboxylic acids is 3. The molecule has 3 N–H and O–H groups in total. The van der Waals surface area contributed by atoms with Crippen LogP contribution in [0.15, 0.2) is 72.0 Å². The number of amides is 2. The number of aromatic nitrogens is 5. The fourth-order valence-electron chi connectivity index (χ4n) is 11.5. The fraction of sp³-hybridized carbons (Fsp3) is 0.510. The number of hydrogen-bond acceptors (Lipinski definition) is 13. The molecule has 0 unspecified atom stereocenters. The van der Waals surface area contributed by atoms with Crippen LogP contribution in [-0.2, 0) is 25.5 Å². The third-order valence-electron chi connectivity index (χ3n) is 15.1. The van der Waals surface area contributed by atoms with Gasteiger partial charge in [0.15, 0.2) is 0 Å². The van der Waals surface area contributed by atoms with Crippen molar-refractivity contribution in [2.24, 2.45) is 23.2 Å². The highest BCUT2D eigenvalue weighted by Gasteiger charge is 2.57. The van der Waals surface area contributed by atoms with Crippen LogP contribution in [0.5, 0.6) is 0 Å². The van der Waals surface area contributed by atoms with Gasteiger partial charge < -0.3 is 24.4 Å². The predicted molar refractivity (Wildman–Crippen MR) is 238 cm³/mol. The van der Waals surface area contributed by atoms with Crippen LogP contribution in [0.4, 0.5) is 0 Å². The van der Waals surface area contributed by atoms with Crippen LogP contribution in [0, 0.1) is 34.5 Å². The molecule has 2 aliphatic carbocycles. The molecule has 11 rings (SSSR count). The first-order valence-corrected chi connectivity index (χ1v) is 23.2. The monoisotopic (exact) mass is 877 g/mol. The molecule has 8 atom stereocenters. The number of hydrazine groups is 1. The van der Waals surface area contributed by atoms with Crippen LogP contribution >= 0.6 is 0 Å². The van der Waals surface area contributed by atoms with Crippen molar-refractivity contribution >= 4 is 28.7 Å². The van der Waals surface area contributed by atoms with Crippen LogP contribution in [0.2, 0.25) is 0 Å². The quantitative estimate of drug-likeness (QED) is 0.187. The normalized spacial score (nSPS) is 29.6. The number of nitrogens with one attached hydrogen (secondary N) is 3. The molecule has 336 valence electrons. The van der Waals surface area contributed by atoms with Crippen molar-refractivity contribution in [2.75, 3.05) is 32.8 Å². The maximum atomic E-state index is 15.2. The lowest BCUT2D eigenvalue weighted by Gasteiger charge is -2.59. The molecule has 16 heteroatoms. The third kappa shape index (κ3) is 7.47. The summed E-state index contributed by atoms with van der Waals surface area (Å²) < 4.78 is 15.1. The molecular formula is C49H55N11O5. The summed E-state index contributed by atoms with van der Waals surface area (Å²) in [5, 5.41) is 19.3. The summed E-state index contributed by atoms with van der Waals surface area (Å²) in [6.07, 6.45) is 13.6. The minimum atomic E-state index is -1.11. The SMILES string of the molecule is C[C@@H]1[C@@H](C(=O)N[C@@H]2C(=O)N3CCC[C@H](N3)C(=O)OCC(C)(C)Cc3c(-c4cccnc4)n([C@H]4CC[C@H](C#N)C4)c4ccc(cc34)-c3coc(n3)[C@H]2N2CC3(CCN3)C2)[C@@H]1c1ccncn1. The Morgan fingerprint density at radius 3 is 2.66 bits per heavy atom. The number of likely N-dealkylation sites (tertiary alicyclic amines) is 1. The van der Waals surface area contributed by atoms with Crippen LogP contribution in [0.25, 0.3) is 33.4 Å². The Morgan fingerprint density at radius 1 is 1.06 bits per heavy atom. The zero-order valence-corrected chi connectivity index (χ0v) is 37.1. The molecule has 2 amide bonds. The maximum Gasteiger partial charge on any atom is 0.324 e. The number of benzene rings is 1. The summed E-state index contributed by atoms with van der Waals surface area (Å²) in [6, 6.07) is 12.2. The van der Waals surface area contributed by atoms with E-state index in [2.05, 4.69) is 84.7 Å². The lowest BCUT2D eigenvalue weighted by atomic mass is 9.78. The van der Waals surface area contributed by atoms with Crippen LogP contribution < -0.4 is 16.1 Å². The largest absolute Gasteiger partial charge is 0.464 e. The summed E-state index contributed by atoms with van der Waals surface area (Å²) in [5.41, 5.74) is 9.05. The third-order valence-corrected chi connectivity index (χ3v) is 15.1. The molecule has 16 nitrogen and oxygen atoms in total. The molecule has 3 saturated heterocycles. The Labute approximate surface area is 377 Å². The minimum Gasteiger partial charge on any atom is -0.464 e. The van der Waals surface area contributed by atoms with Crippen molar-refractivity contribution in [3.05, 3.63) is 84.7 Å². The molecular weight excluding hydrogens is 823 g/mol. The van der Waals surface area contributed by atoms with Crippen molar-refractivity contribution in [2.45, 2.75) is 101 Å². The lowest BCUT2D eigenvalue weighted by Crippen LogP contribution is -2.77. The van der Waals surface area contributed by atoms with Gasteiger partial charge in [0.1, 0.15) is 36.4 Å². The van der Waals surface area contributed by atoms with Crippen molar-refractivity contribution in [3.8, 4) is 28.6 Å². The highest BCUT2D eigenvalue weighted by Crippen LogP contribution is 2.53. The zero-order chi connectivity index (χ0) is 44.6. The average Bonchev–Trinajstić information content (AvgIpc) is 3.67. The van der Waals surface area contributed by atoms with Gasteiger partial charge in [-0.1, -0.05) is 26.8 Å². The summed E-state index contributed by atoms with van der Waals surface area (Å²) >= 11 is 0. The molecule has 2 saturated carbocycles. The highest BCUT2D eigenvalue weighted by atomic mass is 16.5. The first-order chi connectivity index (χ1) is 31.5. The van der Waals surface area contributed by atoms with E-state index in [1.165, 1.54) is 11.3 Å². The summed E-state index contributed by atoms with van der Waals surface area (Å²) in [6.45, 7) is 8.93. The molecule has 8 heterocycles. The van der Waals surface area contributed by atoms with Crippen molar-refractivity contribution in [1.29, 1.82) is 5.26 Å². The number of carbonyl (C=O) groups is 3. The second-order valence-corrected chi connectivity index (χ2v) is 20.1. The number of rotatable bonds is 6. The number of pyridine rings is 1. The molecule has 6 aliphatic rings. The van der Waals surface area contributed by atoms with Gasteiger partial charge in [0, 0.05) is 101 Å². The van der Waals surface area contributed by atoms with E-state index >= 15 is 4.79 Å². The van der Waals surface area contributed by atoms with Gasteiger partial charge in [-0.05, 0) is 93.3 Å². The first-order valence-electron chi connectivity index (χ1n) is 23.2. The Hall–Kier alpha value is -6.02. The maximum absolute atomic E-state index is 15.2. The van der Waals surface area contributed by atoms with Gasteiger partial charge in [-0.2, -0.15) is 5.26 Å². The van der Waals surface area contributed by atoms with Gasteiger partial charge in [-0.15, -0.1) is 0 Å². The first kappa shape index (κ1) is 41.7. The average molecular weight is 878 g/mol. The summed E-state index contributed by atoms with van der Waals surface area (Å²) in [4.78, 5) is 64.2. The van der Waals surface area contributed by atoms with E-state index < -0.39 is 35.4 Å². The number of cyclic esters (lactones) is 1. The predicted octanol–water partition coefficient (Wildman–Crippen LogP) is 5.26. The number of fused-ring (bicyclic) bond motifs is 6. The number of hydrogen-bond donors (Lipinski definition) is 3. The van der Waals surface area contributed by atoms with Crippen LogP contribution in [0.3, 0.4) is 0 Å². The van der Waals surface area contributed by atoms with Gasteiger partial charge in [0.25, 0.3) is 5.91 Å². The molecule has 5 fully saturated rings. The molecule has 4 aliphatic heterocycles. The van der Waals surface area contributed by atoms with Gasteiger partial charge >= 0.3 is 5.97 Å². The van der Waals surface area contributed by atoms with Crippen LogP contribution in [-0.4, -0.2) is 103 Å². The van der Waals surface area contributed by atoms with E-state index in [4.69, 9.17) is 14.1 Å². The standard InChI is InChI=1S/C49H55N11O5/c1-28-39(35-12-15-52-27-53-35)40(28)44(61)56-41-43(58-24-49(25-58)13-16-54-49)45-55-37(23-64-45)30-9-11-38-33(19-30)34(20-48(2,3)26-65-47(63)36-7-5-17-59(57-36)46(41)62)42(31-6-4-14-51-22-31)60(38)32-10-8-29(18-32)21-50/h4,6,9,11-12,14-15,19,22-23,27-29,32,36,39-41,43,54,57H,5,7-8,10,13,16-18,20,24-26H2,1-3H3,(H,56,61)/t28-,29-,32-,36-,39-,40+,41-,43-/m0/s1. The fourth-order valence-corrected chi connectivity index (χ4v) is 11.5. The van der Waals surface area contributed by atoms with Crippen LogP contribution in [0.1, 0.15) is 94.4 Å². The molecule has 1 aromatic carbocycles. The van der Waals surface area contributed by atoms with Crippen molar-refractivity contribution < 1.29 is 23.5 Å². The van der Waals surface area contributed by atoms with E-state index in [9.17, 15) is 14.9 Å². The van der Waals surface area contributed by atoms with Gasteiger partial charge in [-0.25, -0.2) is 20.4 Å². The zero-order valence-electron chi connectivity index (χ0n) is 37.1. The molecule has 4 aromatic heterocycles. The molecule has 0 radical (unpaired) electrons. The lowest BCUT2D eigenvalue weighted by molar-refractivity contribution is -0.157. The van der Waals surface area contributed by atoms with Gasteiger partial charge in [0.2, 0.25) is 11.8 Å². The number of oxazole rings is 1. The number of esters is 1. The van der Waals surface area contributed by atoms with E-state index in [0.29, 0.717) is 50.5 Å². The number of ether oxygens (including phenoxy) is 1. The number of nitrogens with zero attached hydrogens (tertiary/aromatic N) is 8. The van der Waals surface area contributed by atoms with E-state index in [-0.39, 0.29) is 47.8 Å². The van der Waals surface area contributed by atoms with E-state index in [1.54, 1.807) is 18.7 Å². The molecule has 6 bridgehead atoms. The second-order valence-electron chi connectivity index (χ2n) is 20.1. The Bertz CT molecular complexity index is 2680. The van der Waals surface area contributed by atoms with Crippen molar-refractivity contribution in [1.82, 2.24) is 50.5 Å². The summed E-state index contributed by atoms with van der Waals surface area (Å²) in [7, 11) is 0. The summed E-state index contributed by atoms with van der Waals surface area (Å²) in [5.74, 6) is -1.28. The van der Waals surface area contributed by atoms with Gasteiger partial charge in [0.05, 0.1) is 18.4 Å².